The Labute approximate surface area is 168 Å². The molecule has 0 unspecified atom stereocenters. The van der Waals surface area contributed by atoms with Gasteiger partial charge in [0, 0.05) is 24.9 Å². The number of hydrogen-bond acceptors (Lipinski definition) is 4. The molecule has 3 rings (SSSR count). The SMILES string of the molecule is CCOc1ccc(Oc2cc(CNC(=O)/C=C/c3cccc(F)c3)ccn2)cc1. The van der Waals surface area contributed by atoms with E-state index in [1.165, 1.54) is 18.2 Å². The number of benzene rings is 2. The van der Waals surface area contributed by atoms with Gasteiger partial charge >= 0.3 is 0 Å². The van der Waals surface area contributed by atoms with Crippen molar-refractivity contribution in [2.45, 2.75) is 13.5 Å². The summed E-state index contributed by atoms with van der Waals surface area (Å²) in [5.41, 5.74) is 1.46. The van der Waals surface area contributed by atoms with Crippen LogP contribution in [0, 0.1) is 5.82 Å². The average molecular weight is 392 g/mol. The van der Waals surface area contributed by atoms with Crippen LogP contribution in [0.4, 0.5) is 4.39 Å². The van der Waals surface area contributed by atoms with Crippen LogP contribution in [-0.2, 0) is 11.3 Å². The van der Waals surface area contributed by atoms with Crippen molar-refractivity contribution >= 4 is 12.0 Å². The van der Waals surface area contributed by atoms with Gasteiger partial charge in [0.1, 0.15) is 17.3 Å². The van der Waals surface area contributed by atoms with E-state index in [0.29, 0.717) is 30.3 Å². The minimum absolute atomic E-state index is 0.278. The van der Waals surface area contributed by atoms with Crippen molar-refractivity contribution in [3.8, 4) is 17.4 Å². The van der Waals surface area contributed by atoms with Crippen LogP contribution in [-0.4, -0.2) is 17.5 Å². The molecule has 0 saturated carbocycles. The monoisotopic (exact) mass is 392 g/mol. The quantitative estimate of drug-likeness (QED) is 0.563. The molecular weight excluding hydrogens is 371 g/mol. The number of aromatic nitrogens is 1. The van der Waals surface area contributed by atoms with Gasteiger partial charge < -0.3 is 14.8 Å². The summed E-state index contributed by atoms with van der Waals surface area (Å²) < 4.78 is 24.3. The Balaban J connectivity index is 1.54. The Bertz CT molecular complexity index is 987. The highest BCUT2D eigenvalue weighted by Gasteiger charge is 2.03. The van der Waals surface area contributed by atoms with Crippen LogP contribution in [0.2, 0.25) is 0 Å². The van der Waals surface area contributed by atoms with Gasteiger partial charge in [-0.3, -0.25) is 4.79 Å². The van der Waals surface area contributed by atoms with E-state index in [1.807, 2.05) is 19.1 Å². The van der Waals surface area contributed by atoms with Gasteiger partial charge in [-0.2, -0.15) is 0 Å². The highest BCUT2D eigenvalue weighted by atomic mass is 19.1. The second-order valence-corrected chi connectivity index (χ2v) is 6.11. The van der Waals surface area contributed by atoms with Crippen LogP contribution in [0.1, 0.15) is 18.1 Å². The number of halogens is 1. The third kappa shape index (κ3) is 6.46. The lowest BCUT2D eigenvalue weighted by Crippen LogP contribution is -2.20. The zero-order chi connectivity index (χ0) is 20.5. The maximum absolute atomic E-state index is 13.2. The molecular formula is C23H21FN2O3. The van der Waals surface area contributed by atoms with Crippen molar-refractivity contribution in [2.75, 3.05) is 6.61 Å². The molecule has 0 aliphatic carbocycles. The zero-order valence-electron chi connectivity index (χ0n) is 16.0. The number of amides is 1. The molecule has 1 aromatic heterocycles. The van der Waals surface area contributed by atoms with Gasteiger partial charge in [0.25, 0.3) is 0 Å². The third-order valence-electron chi connectivity index (χ3n) is 3.90. The lowest BCUT2D eigenvalue weighted by Gasteiger charge is -2.08. The normalized spacial score (nSPS) is 10.7. The summed E-state index contributed by atoms with van der Waals surface area (Å²) in [4.78, 5) is 16.2. The Hall–Kier alpha value is -3.67. The lowest BCUT2D eigenvalue weighted by atomic mass is 10.2. The number of nitrogens with one attached hydrogen (secondary N) is 1. The van der Waals surface area contributed by atoms with Crippen molar-refractivity contribution in [2.24, 2.45) is 0 Å². The number of rotatable bonds is 8. The van der Waals surface area contributed by atoms with Gasteiger partial charge in [0.2, 0.25) is 11.8 Å². The van der Waals surface area contributed by atoms with Crippen LogP contribution < -0.4 is 14.8 Å². The molecule has 0 aliphatic rings. The Morgan fingerprint density at radius 1 is 1.10 bits per heavy atom. The summed E-state index contributed by atoms with van der Waals surface area (Å²) in [5, 5.41) is 2.78. The molecule has 0 atom stereocenters. The van der Waals surface area contributed by atoms with Crippen molar-refractivity contribution in [3.05, 3.63) is 89.9 Å². The number of pyridine rings is 1. The standard InChI is InChI=1S/C23H21FN2O3/c1-2-28-20-7-9-21(10-8-20)29-23-15-18(12-13-25-23)16-26-22(27)11-6-17-4-3-5-19(24)14-17/h3-15H,2,16H2,1H3,(H,26,27)/b11-6+. The van der Waals surface area contributed by atoms with Gasteiger partial charge in [-0.15, -0.1) is 0 Å². The minimum atomic E-state index is -0.343. The van der Waals surface area contributed by atoms with E-state index in [2.05, 4.69) is 10.3 Å². The molecule has 0 saturated heterocycles. The van der Waals surface area contributed by atoms with Crippen molar-refractivity contribution in [1.82, 2.24) is 10.3 Å². The van der Waals surface area contributed by atoms with Gasteiger partial charge in [0.05, 0.1) is 6.61 Å². The molecule has 5 nitrogen and oxygen atoms in total. The molecule has 0 aliphatic heterocycles. The van der Waals surface area contributed by atoms with Crippen molar-refractivity contribution in [1.29, 1.82) is 0 Å². The van der Waals surface area contributed by atoms with E-state index >= 15 is 0 Å². The fourth-order valence-electron chi connectivity index (χ4n) is 2.54. The number of nitrogens with zero attached hydrogens (tertiary/aromatic N) is 1. The first-order valence-corrected chi connectivity index (χ1v) is 9.19. The molecule has 29 heavy (non-hydrogen) atoms. The van der Waals surface area contributed by atoms with Crippen molar-refractivity contribution < 1.29 is 18.7 Å². The Morgan fingerprint density at radius 3 is 2.66 bits per heavy atom. The summed E-state index contributed by atoms with van der Waals surface area (Å²) in [7, 11) is 0. The summed E-state index contributed by atoms with van der Waals surface area (Å²) in [6.45, 7) is 2.84. The highest BCUT2D eigenvalue weighted by molar-refractivity contribution is 5.91. The lowest BCUT2D eigenvalue weighted by molar-refractivity contribution is -0.116. The summed E-state index contributed by atoms with van der Waals surface area (Å²) in [6, 6.07) is 16.8. The summed E-state index contributed by atoms with van der Waals surface area (Å²) in [6.07, 6.45) is 4.55. The highest BCUT2D eigenvalue weighted by Crippen LogP contribution is 2.23. The van der Waals surface area contributed by atoms with E-state index in [1.54, 1.807) is 48.7 Å². The number of carbonyl (C=O) groups is 1. The molecule has 2 aromatic carbocycles. The Kier molecular flexibility index (Phi) is 6.95. The molecule has 1 heterocycles. The predicted octanol–water partition coefficient (Wildman–Crippen LogP) is 4.74. The fraction of sp³-hybridized carbons (Fsp3) is 0.130. The summed E-state index contributed by atoms with van der Waals surface area (Å²) in [5.74, 6) is 1.22. The van der Waals surface area contributed by atoms with Crippen LogP contribution in [0.5, 0.6) is 17.4 Å². The molecule has 3 aromatic rings. The third-order valence-corrected chi connectivity index (χ3v) is 3.90. The maximum atomic E-state index is 13.2. The predicted molar refractivity (Wildman–Crippen MR) is 109 cm³/mol. The van der Waals surface area contributed by atoms with E-state index in [0.717, 1.165) is 11.3 Å². The first-order valence-electron chi connectivity index (χ1n) is 9.19. The molecule has 0 bridgehead atoms. The molecule has 1 N–H and O–H groups in total. The van der Waals surface area contributed by atoms with Crippen molar-refractivity contribution in [3.63, 3.8) is 0 Å². The van der Waals surface area contributed by atoms with Gasteiger partial charge in [-0.25, -0.2) is 9.37 Å². The van der Waals surface area contributed by atoms with E-state index in [4.69, 9.17) is 9.47 Å². The van der Waals surface area contributed by atoms with Crippen LogP contribution in [0.15, 0.2) is 72.9 Å². The molecule has 0 fully saturated rings. The fourth-order valence-corrected chi connectivity index (χ4v) is 2.54. The van der Waals surface area contributed by atoms with E-state index in [9.17, 15) is 9.18 Å². The van der Waals surface area contributed by atoms with Gasteiger partial charge in [-0.05, 0) is 66.6 Å². The molecule has 6 heteroatoms. The minimum Gasteiger partial charge on any atom is -0.494 e. The zero-order valence-corrected chi connectivity index (χ0v) is 16.0. The number of hydrogen-bond donors (Lipinski definition) is 1. The largest absolute Gasteiger partial charge is 0.494 e. The number of ether oxygens (including phenoxy) is 2. The van der Waals surface area contributed by atoms with Gasteiger partial charge in [0.15, 0.2) is 0 Å². The molecule has 148 valence electrons. The topological polar surface area (TPSA) is 60.5 Å². The first kappa shape index (κ1) is 20.1. The second-order valence-electron chi connectivity index (χ2n) is 6.11. The van der Waals surface area contributed by atoms with E-state index in [-0.39, 0.29) is 11.7 Å². The first-order chi connectivity index (χ1) is 14.1. The van der Waals surface area contributed by atoms with Crippen LogP contribution >= 0.6 is 0 Å². The van der Waals surface area contributed by atoms with Crippen LogP contribution in [0.3, 0.4) is 0 Å². The Morgan fingerprint density at radius 2 is 1.90 bits per heavy atom. The van der Waals surface area contributed by atoms with E-state index < -0.39 is 0 Å². The molecule has 1 amide bonds. The molecule has 0 radical (unpaired) electrons. The second kappa shape index (κ2) is 10.0. The van der Waals surface area contributed by atoms with Crippen LogP contribution in [0.25, 0.3) is 6.08 Å². The maximum Gasteiger partial charge on any atom is 0.244 e. The summed E-state index contributed by atoms with van der Waals surface area (Å²) >= 11 is 0. The smallest absolute Gasteiger partial charge is 0.244 e. The molecule has 0 spiro atoms. The average Bonchev–Trinajstić information content (AvgIpc) is 2.73. The van der Waals surface area contributed by atoms with Gasteiger partial charge in [-0.1, -0.05) is 12.1 Å². The number of carbonyl (C=O) groups excluding carboxylic acids is 1.